The SMILES string of the molecule is C=C(C)C(=O)OCCOC(=O)/C=C/c1ccc(C(=O)c2ccc(OCCCCCCOC(=O)c3cc(N)cc(NC)c3)cc2)cc1. The number of carbonyl (C=O) groups is 4. The van der Waals surface area contributed by atoms with Gasteiger partial charge in [0.2, 0.25) is 0 Å². The van der Waals surface area contributed by atoms with Crippen LogP contribution in [0.1, 0.15) is 64.4 Å². The summed E-state index contributed by atoms with van der Waals surface area (Å²) >= 11 is 0. The second kappa shape index (κ2) is 18.4. The minimum Gasteiger partial charge on any atom is -0.494 e. The number of nitrogens with one attached hydrogen (secondary N) is 1. The fourth-order valence-electron chi connectivity index (χ4n) is 4.14. The molecule has 10 heteroatoms. The number of benzene rings is 3. The summed E-state index contributed by atoms with van der Waals surface area (Å²) in [6.45, 7) is 5.76. The van der Waals surface area contributed by atoms with E-state index >= 15 is 0 Å². The van der Waals surface area contributed by atoms with Gasteiger partial charge in [-0.15, -0.1) is 0 Å². The molecule has 0 fully saturated rings. The number of unbranched alkanes of at least 4 members (excludes halogenated alkanes) is 3. The van der Waals surface area contributed by atoms with Gasteiger partial charge in [-0.1, -0.05) is 30.8 Å². The average Bonchev–Trinajstić information content (AvgIpc) is 3.06. The molecule has 10 nitrogen and oxygen atoms in total. The molecule has 242 valence electrons. The van der Waals surface area contributed by atoms with Crippen molar-refractivity contribution < 1.29 is 38.1 Å². The van der Waals surface area contributed by atoms with Gasteiger partial charge in [0.25, 0.3) is 0 Å². The van der Waals surface area contributed by atoms with E-state index in [0.29, 0.717) is 46.9 Å². The molecule has 0 unspecified atom stereocenters. The molecule has 0 atom stereocenters. The molecule has 0 radical (unpaired) electrons. The first-order valence-electron chi connectivity index (χ1n) is 15.0. The van der Waals surface area contributed by atoms with Crippen LogP contribution >= 0.6 is 0 Å². The van der Waals surface area contributed by atoms with E-state index < -0.39 is 17.9 Å². The number of ether oxygens (including phenoxy) is 4. The Labute approximate surface area is 269 Å². The molecule has 0 spiro atoms. The number of nitrogen functional groups attached to an aromatic ring is 1. The summed E-state index contributed by atoms with van der Waals surface area (Å²) in [7, 11) is 1.76. The molecule has 0 saturated heterocycles. The van der Waals surface area contributed by atoms with E-state index in [4.69, 9.17) is 24.7 Å². The van der Waals surface area contributed by atoms with Crippen LogP contribution in [0.4, 0.5) is 11.4 Å². The van der Waals surface area contributed by atoms with Gasteiger partial charge in [0.15, 0.2) is 5.78 Å². The van der Waals surface area contributed by atoms with E-state index in [1.165, 1.54) is 13.0 Å². The third-order valence-electron chi connectivity index (χ3n) is 6.63. The molecule has 0 amide bonds. The van der Waals surface area contributed by atoms with E-state index in [9.17, 15) is 19.2 Å². The van der Waals surface area contributed by atoms with Gasteiger partial charge in [-0.25, -0.2) is 14.4 Å². The smallest absolute Gasteiger partial charge is 0.338 e. The van der Waals surface area contributed by atoms with Crippen molar-refractivity contribution in [2.75, 3.05) is 44.5 Å². The van der Waals surface area contributed by atoms with Crippen LogP contribution in [-0.2, 0) is 23.8 Å². The van der Waals surface area contributed by atoms with Crippen LogP contribution in [0, 0.1) is 0 Å². The summed E-state index contributed by atoms with van der Waals surface area (Å²) in [6, 6.07) is 18.9. The summed E-state index contributed by atoms with van der Waals surface area (Å²) in [5.74, 6) is -0.968. The third kappa shape index (κ3) is 12.0. The Kier molecular flexibility index (Phi) is 14.1. The Morgan fingerprint density at radius 2 is 1.39 bits per heavy atom. The Hall–Kier alpha value is -5.38. The number of hydrogen-bond acceptors (Lipinski definition) is 10. The summed E-state index contributed by atoms with van der Waals surface area (Å²) in [4.78, 5) is 48.3. The molecule has 3 rings (SSSR count). The van der Waals surface area contributed by atoms with Crippen LogP contribution in [0.3, 0.4) is 0 Å². The van der Waals surface area contributed by atoms with Crippen molar-refractivity contribution in [2.24, 2.45) is 0 Å². The lowest BCUT2D eigenvalue weighted by Gasteiger charge is -2.09. The van der Waals surface area contributed by atoms with Crippen molar-refractivity contribution in [1.82, 2.24) is 0 Å². The van der Waals surface area contributed by atoms with E-state index in [1.807, 2.05) is 0 Å². The van der Waals surface area contributed by atoms with Crippen molar-refractivity contribution in [3.63, 3.8) is 0 Å². The minimum absolute atomic E-state index is 0.0533. The first kappa shape index (κ1) is 35.1. The lowest BCUT2D eigenvalue weighted by Crippen LogP contribution is -2.12. The molecule has 46 heavy (non-hydrogen) atoms. The van der Waals surface area contributed by atoms with Gasteiger partial charge < -0.3 is 30.0 Å². The Morgan fingerprint density at radius 3 is 2.04 bits per heavy atom. The van der Waals surface area contributed by atoms with Crippen LogP contribution in [-0.4, -0.2) is 57.2 Å². The van der Waals surface area contributed by atoms with E-state index in [0.717, 1.165) is 31.4 Å². The van der Waals surface area contributed by atoms with Gasteiger partial charge in [-0.05, 0) is 86.7 Å². The highest BCUT2D eigenvalue weighted by molar-refractivity contribution is 6.09. The molecule has 3 aromatic carbocycles. The zero-order chi connectivity index (χ0) is 33.3. The van der Waals surface area contributed by atoms with E-state index in [-0.39, 0.29) is 24.6 Å². The Morgan fingerprint density at radius 1 is 0.761 bits per heavy atom. The molecule has 0 bridgehead atoms. The molecule has 0 aliphatic carbocycles. The van der Waals surface area contributed by atoms with Crippen LogP contribution in [0.5, 0.6) is 5.75 Å². The monoisotopic (exact) mass is 628 g/mol. The molecule has 0 saturated carbocycles. The summed E-state index contributed by atoms with van der Waals surface area (Å²) in [5.41, 5.74) is 9.53. The topological polar surface area (TPSA) is 143 Å². The summed E-state index contributed by atoms with van der Waals surface area (Å²) in [5, 5.41) is 2.96. The highest BCUT2D eigenvalue weighted by Gasteiger charge is 2.11. The standard InChI is InChI=1S/C36H40N2O8/c1-25(2)35(41)46-21-20-44-33(39)17-10-26-8-11-27(12-9-26)34(40)28-13-15-32(16-14-28)43-18-6-4-5-7-19-45-36(42)29-22-30(37)24-31(23-29)38-3/h8-17,22-24,38H,1,4-7,18-21,37H2,2-3H3/b17-10+. The number of nitrogens with two attached hydrogens (primary N) is 1. The second-order valence-electron chi connectivity index (χ2n) is 10.4. The van der Waals surface area contributed by atoms with Gasteiger partial charge in [0, 0.05) is 41.2 Å². The van der Waals surface area contributed by atoms with E-state index in [2.05, 4.69) is 11.9 Å². The summed E-state index contributed by atoms with van der Waals surface area (Å²) < 4.78 is 21.0. The van der Waals surface area contributed by atoms with Gasteiger partial charge in [-0.3, -0.25) is 4.79 Å². The number of ketones is 1. The van der Waals surface area contributed by atoms with Crippen molar-refractivity contribution in [3.05, 3.63) is 107 Å². The highest BCUT2D eigenvalue weighted by Crippen LogP contribution is 2.18. The zero-order valence-corrected chi connectivity index (χ0v) is 26.2. The molecule has 0 aromatic heterocycles. The molecule has 0 aliphatic heterocycles. The maximum absolute atomic E-state index is 12.9. The Balaban J connectivity index is 1.31. The lowest BCUT2D eigenvalue weighted by atomic mass is 10.0. The highest BCUT2D eigenvalue weighted by atomic mass is 16.6. The molecule has 3 aromatic rings. The average molecular weight is 629 g/mol. The van der Waals surface area contributed by atoms with Crippen LogP contribution in [0.2, 0.25) is 0 Å². The largest absolute Gasteiger partial charge is 0.494 e. The van der Waals surface area contributed by atoms with Crippen molar-refractivity contribution in [2.45, 2.75) is 32.6 Å². The normalized spacial score (nSPS) is 10.7. The fraction of sp³-hybridized carbons (Fsp3) is 0.278. The minimum atomic E-state index is -0.578. The molecule has 3 N–H and O–H groups in total. The van der Waals surface area contributed by atoms with Gasteiger partial charge in [0.1, 0.15) is 19.0 Å². The number of carbonyl (C=O) groups excluding carboxylic acids is 4. The van der Waals surface area contributed by atoms with Crippen LogP contribution in [0.15, 0.2) is 85.0 Å². The van der Waals surface area contributed by atoms with Crippen LogP contribution < -0.4 is 15.8 Å². The number of anilines is 2. The second-order valence-corrected chi connectivity index (χ2v) is 10.4. The fourth-order valence-corrected chi connectivity index (χ4v) is 4.14. The van der Waals surface area contributed by atoms with Crippen molar-refractivity contribution >= 4 is 41.1 Å². The quantitative estimate of drug-likeness (QED) is 0.0429. The van der Waals surface area contributed by atoms with Crippen molar-refractivity contribution in [3.8, 4) is 5.75 Å². The molecule has 0 heterocycles. The first-order chi connectivity index (χ1) is 22.2. The van der Waals surface area contributed by atoms with Crippen LogP contribution in [0.25, 0.3) is 6.08 Å². The number of hydrogen-bond donors (Lipinski definition) is 2. The maximum Gasteiger partial charge on any atom is 0.338 e. The van der Waals surface area contributed by atoms with Gasteiger partial charge in [0.05, 0.1) is 18.8 Å². The Bertz CT molecular complexity index is 1530. The lowest BCUT2D eigenvalue weighted by molar-refractivity contribution is -0.146. The molecular formula is C36H40N2O8. The first-order valence-corrected chi connectivity index (χ1v) is 15.0. The predicted molar refractivity (Wildman–Crippen MR) is 177 cm³/mol. The summed E-state index contributed by atoms with van der Waals surface area (Å²) in [6.07, 6.45) is 6.26. The molecule has 0 aliphatic rings. The van der Waals surface area contributed by atoms with Gasteiger partial charge in [-0.2, -0.15) is 0 Å². The molecular weight excluding hydrogens is 588 g/mol. The number of rotatable bonds is 18. The number of esters is 3. The predicted octanol–water partition coefficient (Wildman–Crippen LogP) is 6.01. The van der Waals surface area contributed by atoms with Crippen molar-refractivity contribution in [1.29, 1.82) is 0 Å². The van der Waals surface area contributed by atoms with E-state index in [1.54, 1.807) is 79.9 Å². The van der Waals surface area contributed by atoms with Gasteiger partial charge >= 0.3 is 17.9 Å². The third-order valence-corrected chi connectivity index (χ3v) is 6.63. The zero-order valence-electron chi connectivity index (χ0n) is 26.2. The maximum atomic E-state index is 12.9.